The summed E-state index contributed by atoms with van der Waals surface area (Å²) < 4.78 is 5.78. The van der Waals surface area contributed by atoms with Gasteiger partial charge in [-0.1, -0.05) is 57.2 Å². The molecule has 212 valence electrons. The molecule has 0 bridgehead atoms. The Morgan fingerprint density at radius 2 is 1.70 bits per heavy atom. The van der Waals surface area contributed by atoms with E-state index >= 15 is 0 Å². The Morgan fingerprint density at radius 3 is 2.38 bits per heavy atom. The van der Waals surface area contributed by atoms with Crippen molar-refractivity contribution in [3.05, 3.63) is 76.0 Å². The Morgan fingerprint density at radius 1 is 0.975 bits per heavy atom. The summed E-state index contributed by atoms with van der Waals surface area (Å²) in [5.74, 6) is 0.862. The third-order valence-electron chi connectivity index (χ3n) is 7.65. The summed E-state index contributed by atoms with van der Waals surface area (Å²) in [5.41, 5.74) is 4.23. The average Bonchev–Trinajstić information content (AvgIpc) is 3.50. The summed E-state index contributed by atoms with van der Waals surface area (Å²) in [6, 6.07) is 21.2. The van der Waals surface area contributed by atoms with Crippen molar-refractivity contribution >= 4 is 17.2 Å². The topological polar surface area (TPSA) is 59.8 Å². The molecule has 0 atom stereocenters. The molecule has 0 radical (unpaired) electrons. The third kappa shape index (κ3) is 7.51. The minimum Gasteiger partial charge on any atom is -0.492 e. The van der Waals surface area contributed by atoms with E-state index in [0.717, 1.165) is 86.8 Å². The zero-order valence-electron chi connectivity index (χ0n) is 24.1. The molecule has 3 aromatic rings. The van der Waals surface area contributed by atoms with E-state index in [9.17, 15) is 4.79 Å². The molecule has 5 rings (SSSR count). The van der Waals surface area contributed by atoms with Crippen LogP contribution in [0, 0.1) is 11.3 Å². The SMILES string of the molecule is CC.CCCOc1ccsc1C(=O)N1CCC(N2CCN(Cc3ccc(-c4cccc(C#N)c4)cc3)CC2)CC1. The molecule has 1 aromatic heterocycles. The summed E-state index contributed by atoms with van der Waals surface area (Å²) >= 11 is 1.49. The fourth-order valence-corrected chi connectivity index (χ4v) is 6.27. The number of likely N-dealkylation sites (tertiary alicyclic amines) is 1. The maximum atomic E-state index is 13.1. The van der Waals surface area contributed by atoms with Crippen LogP contribution in [0.25, 0.3) is 11.1 Å². The number of piperazine rings is 1. The van der Waals surface area contributed by atoms with Crippen LogP contribution in [-0.4, -0.2) is 72.5 Å². The zero-order chi connectivity index (χ0) is 28.3. The number of benzene rings is 2. The number of carbonyl (C=O) groups is 1. The van der Waals surface area contributed by atoms with Crippen LogP contribution in [0.3, 0.4) is 0 Å². The van der Waals surface area contributed by atoms with Gasteiger partial charge in [0, 0.05) is 51.9 Å². The lowest BCUT2D eigenvalue weighted by atomic mass is 10.0. The first kappa shape index (κ1) is 29.8. The predicted molar refractivity (Wildman–Crippen MR) is 164 cm³/mol. The quantitative estimate of drug-likeness (QED) is 0.315. The van der Waals surface area contributed by atoms with E-state index in [1.54, 1.807) is 0 Å². The number of hydrogen-bond acceptors (Lipinski definition) is 6. The van der Waals surface area contributed by atoms with Gasteiger partial charge in [0.15, 0.2) is 0 Å². The molecular weight excluding hydrogens is 516 g/mol. The first-order chi connectivity index (χ1) is 19.6. The lowest BCUT2D eigenvalue weighted by Gasteiger charge is -2.42. The van der Waals surface area contributed by atoms with Crippen molar-refractivity contribution in [2.24, 2.45) is 0 Å². The molecule has 6 nitrogen and oxygen atoms in total. The van der Waals surface area contributed by atoms with Gasteiger partial charge in [-0.25, -0.2) is 0 Å². The Bertz CT molecular complexity index is 1250. The molecule has 7 heteroatoms. The van der Waals surface area contributed by atoms with Gasteiger partial charge in [-0.2, -0.15) is 5.26 Å². The third-order valence-corrected chi connectivity index (χ3v) is 8.53. The van der Waals surface area contributed by atoms with Crippen molar-refractivity contribution in [2.75, 3.05) is 45.9 Å². The van der Waals surface area contributed by atoms with Crippen LogP contribution in [0.15, 0.2) is 60.0 Å². The number of amides is 1. The van der Waals surface area contributed by atoms with Gasteiger partial charge < -0.3 is 9.64 Å². The normalized spacial score (nSPS) is 16.6. The summed E-state index contributed by atoms with van der Waals surface area (Å²) in [5, 5.41) is 11.1. The van der Waals surface area contributed by atoms with Crippen molar-refractivity contribution in [1.82, 2.24) is 14.7 Å². The van der Waals surface area contributed by atoms with Gasteiger partial charge in [0.25, 0.3) is 5.91 Å². The van der Waals surface area contributed by atoms with Crippen molar-refractivity contribution < 1.29 is 9.53 Å². The lowest BCUT2D eigenvalue weighted by molar-refractivity contribution is 0.0469. The average molecular weight is 559 g/mol. The van der Waals surface area contributed by atoms with Gasteiger partial charge >= 0.3 is 0 Å². The minimum atomic E-state index is 0.123. The number of nitriles is 1. The fourth-order valence-electron chi connectivity index (χ4n) is 5.47. The Labute approximate surface area is 243 Å². The van der Waals surface area contributed by atoms with Crippen LogP contribution in [0.2, 0.25) is 0 Å². The molecule has 0 N–H and O–H groups in total. The standard InChI is InChI=1S/C31H36N4O2S.C2H6/c1-2-19-37-29-12-20-38-30(29)31(36)35-13-10-28(11-14-35)34-17-15-33(16-18-34)23-24-6-8-26(9-7-24)27-5-3-4-25(21-27)22-32;1-2/h3-9,12,20-21,28H,2,10-11,13-19,23H2,1H3;1-2H3. The van der Waals surface area contributed by atoms with Gasteiger partial charge in [-0.3, -0.25) is 14.6 Å². The van der Waals surface area contributed by atoms with Gasteiger partial charge in [-0.05, 0) is 59.5 Å². The summed E-state index contributed by atoms with van der Waals surface area (Å²) in [4.78, 5) is 21.0. The molecule has 0 spiro atoms. The van der Waals surface area contributed by atoms with E-state index < -0.39 is 0 Å². The Balaban J connectivity index is 0.00000181. The van der Waals surface area contributed by atoms with E-state index in [0.29, 0.717) is 18.2 Å². The van der Waals surface area contributed by atoms with E-state index in [-0.39, 0.29) is 5.91 Å². The second-order valence-corrected chi connectivity index (χ2v) is 11.1. The molecule has 2 fully saturated rings. The van der Waals surface area contributed by atoms with E-state index in [4.69, 9.17) is 10.00 Å². The molecule has 1 amide bonds. The second kappa shape index (κ2) is 15.0. The van der Waals surface area contributed by atoms with Crippen molar-refractivity contribution in [3.63, 3.8) is 0 Å². The van der Waals surface area contributed by atoms with Crippen LogP contribution in [0.4, 0.5) is 0 Å². The van der Waals surface area contributed by atoms with Crippen molar-refractivity contribution in [1.29, 1.82) is 5.26 Å². The number of hydrogen-bond donors (Lipinski definition) is 0. The van der Waals surface area contributed by atoms with Crippen molar-refractivity contribution in [3.8, 4) is 22.9 Å². The van der Waals surface area contributed by atoms with E-state index in [1.807, 2.05) is 48.4 Å². The van der Waals surface area contributed by atoms with Gasteiger partial charge in [0.05, 0.1) is 18.2 Å². The fraction of sp³-hybridized carbons (Fsp3) is 0.455. The molecule has 0 aliphatic carbocycles. The van der Waals surface area contributed by atoms with Crippen LogP contribution in [0.5, 0.6) is 5.75 Å². The first-order valence-corrected chi connectivity index (χ1v) is 15.6. The Kier molecular flexibility index (Phi) is 11.2. The van der Waals surface area contributed by atoms with Crippen LogP contribution < -0.4 is 4.74 Å². The molecule has 2 aliphatic rings. The highest BCUT2D eigenvalue weighted by Gasteiger charge is 2.30. The molecule has 0 unspecified atom stereocenters. The van der Waals surface area contributed by atoms with Gasteiger partial charge in [0.1, 0.15) is 10.6 Å². The highest BCUT2D eigenvalue weighted by Crippen LogP contribution is 2.29. The summed E-state index contributed by atoms with van der Waals surface area (Å²) in [6.45, 7) is 13.6. The lowest BCUT2D eigenvalue weighted by Crippen LogP contribution is -2.53. The molecule has 3 heterocycles. The van der Waals surface area contributed by atoms with Crippen LogP contribution in [-0.2, 0) is 6.54 Å². The Hall–Kier alpha value is -3.18. The highest BCUT2D eigenvalue weighted by molar-refractivity contribution is 7.12. The number of piperidine rings is 1. The first-order valence-electron chi connectivity index (χ1n) is 14.7. The molecular formula is C33H42N4O2S. The number of carbonyl (C=O) groups excluding carboxylic acids is 1. The maximum Gasteiger partial charge on any atom is 0.267 e. The van der Waals surface area contributed by atoms with E-state index in [1.165, 1.54) is 16.9 Å². The van der Waals surface area contributed by atoms with Crippen LogP contribution >= 0.6 is 11.3 Å². The van der Waals surface area contributed by atoms with Crippen molar-refractivity contribution in [2.45, 2.75) is 52.6 Å². The minimum absolute atomic E-state index is 0.123. The van der Waals surface area contributed by atoms with Gasteiger partial charge in [0.2, 0.25) is 0 Å². The summed E-state index contributed by atoms with van der Waals surface area (Å²) in [7, 11) is 0. The van der Waals surface area contributed by atoms with E-state index in [2.05, 4.69) is 53.1 Å². The maximum absolute atomic E-state index is 13.1. The summed E-state index contributed by atoms with van der Waals surface area (Å²) in [6.07, 6.45) is 3.01. The number of nitrogens with zero attached hydrogens (tertiary/aromatic N) is 4. The zero-order valence-corrected chi connectivity index (χ0v) is 25.0. The monoisotopic (exact) mass is 558 g/mol. The molecule has 2 aromatic carbocycles. The molecule has 0 saturated carbocycles. The van der Waals surface area contributed by atoms with Crippen LogP contribution in [0.1, 0.15) is 60.8 Å². The number of thiophene rings is 1. The number of rotatable bonds is 8. The molecule has 2 aliphatic heterocycles. The largest absolute Gasteiger partial charge is 0.492 e. The van der Waals surface area contributed by atoms with Gasteiger partial charge in [-0.15, -0.1) is 11.3 Å². The number of ether oxygens (including phenoxy) is 1. The molecule has 2 saturated heterocycles. The highest BCUT2D eigenvalue weighted by atomic mass is 32.1. The second-order valence-electron chi connectivity index (χ2n) is 10.2. The molecule has 40 heavy (non-hydrogen) atoms. The smallest absolute Gasteiger partial charge is 0.267 e. The predicted octanol–water partition coefficient (Wildman–Crippen LogP) is 6.52.